The molecule has 3 heterocycles. The standard InChI is InChI=1S/C23H31N7O/c1-6-29-9-11-30(12-10-29)18-7-8-19(15(2)13-18)24-23(31)21-14-20(25-26-21)22-16(3)27-28(5)17(22)4/h7-8,13-14H,6,9-12H2,1-5H3,(H,24,31)(H,25,26). The Hall–Kier alpha value is -3.13. The molecule has 3 aromatic rings. The molecule has 0 atom stereocenters. The van der Waals surface area contributed by atoms with E-state index in [1.54, 1.807) is 6.07 Å². The van der Waals surface area contributed by atoms with Gasteiger partial charge in [-0.25, -0.2) is 0 Å². The number of carbonyl (C=O) groups is 1. The number of carbonyl (C=O) groups excluding carboxylic acids is 1. The number of aryl methyl sites for hydroxylation is 3. The predicted molar refractivity (Wildman–Crippen MR) is 124 cm³/mol. The van der Waals surface area contributed by atoms with Crippen LogP contribution in [0.1, 0.15) is 34.4 Å². The maximum absolute atomic E-state index is 12.8. The Morgan fingerprint density at radius 2 is 1.87 bits per heavy atom. The molecule has 0 radical (unpaired) electrons. The molecule has 0 bridgehead atoms. The first kappa shape index (κ1) is 21.1. The van der Waals surface area contributed by atoms with Gasteiger partial charge in [0.25, 0.3) is 5.91 Å². The third-order valence-electron chi connectivity index (χ3n) is 6.23. The zero-order valence-electron chi connectivity index (χ0n) is 19.0. The van der Waals surface area contributed by atoms with E-state index in [1.165, 1.54) is 5.69 Å². The van der Waals surface area contributed by atoms with Crippen molar-refractivity contribution in [3.05, 3.63) is 46.9 Å². The number of H-pyrrole nitrogens is 1. The molecule has 0 unspecified atom stereocenters. The van der Waals surface area contributed by atoms with Crippen molar-refractivity contribution in [2.45, 2.75) is 27.7 Å². The number of amides is 1. The van der Waals surface area contributed by atoms with Crippen molar-refractivity contribution >= 4 is 17.3 Å². The normalized spacial score (nSPS) is 14.8. The second kappa shape index (κ2) is 8.55. The average molecular weight is 422 g/mol. The summed E-state index contributed by atoms with van der Waals surface area (Å²) < 4.78 is 1.83. The fourth-order valence-corrected chi connectivity index (χ4v) is 4.21. The summed E-state index contributed by atoms with van der Waals surface area (Å²) in [6.45, 7) is 13.5. The number of hydrogen-bond donors (Lipinski definition) is 2. The van der Waals surface area contributed by atoms with Gasteiger partial charge in [-0.15, -0.1) is 0 Å². The molecule has 1 aliphatic heterocycles. The number of benzene rings is 1. The molecule has 31 heavy (non-hydrogen) atoms. The summed E-state index contributed by atoms with van der Waals surface area (Å²) >= 11 is 0. The summed E-state index contributed by atoms with van der Waals surface area (Å²) in [6, 6.07) is 8.01. The van der Waals surface area contributed by atoms with Crippen LogP contribution in [0, 0.1) is 20.8 Å². The number of rotatable bonds is 5. The molecule has 1 aliphatic rings. The highest BCUT2D eigenvalue weighted by Gasteiger charge is 2.19. The molecule has 1 saturated heterocycles. The van der Waals surface area contributed by atoms with Crippen molar-refractivity contribution in [3.8, 4) is 11.3 Å². The van der Waals surface area contributed by atoms with Crippen molar-refractivity contribution in [2.75, 3.05) is 42.9 Å². The SMILES string of the molecule is CCN1CCN(c2ccc(NC(=O)c3cc(-c4c(C)nn(C)c4C)n[nH]3)c(C)c2)CC1. The smallest absolute Gasteiger partial charge is 0.273 e. The molecule has 2 N–H and O–H groups in total. The van der Waals surface area contributed by atoms with Crippen molar-refractivity contribution in [1.82, 2.24) is 24.9 Å². The average Bonchev–Trinajstić information content (AvgIpc) is 3.34. The lowest BCUT2D eigenvalue weighted by molar-refractivity contribution is 0.102. The van der Waals surface area contributed by atoms with Crippen LogP contribution in [0.15, 0.2) is 24.3 Å². The molecule has 0 saturated carbocycles. The van der Waals surface area contributed by atoms with Crippen LogP contribution in [-0.2, 0) is 7.05 Å². The van der Waals surface area contributed by atoms with E-state index >= 15 is 0 Å². The highest BCUT2D eigenvalue weighted by atomic mass is 16.1. The lowest BCUT2D eigenvalue weighted by Gasteiger charge is -2.35. The van der Waals surface area contributed by atoms with Crippen molar-refractivity contribution in [2.24, 2.45) is 7.05 Å². The minimum atomic E-state index is -0.203. The molecule has 0 aliphatic carbocycles. The van der Waals surface area contributed by atoms with Crippen LogP contribution in [0.5, 0.6) is 0 Å². The predicted octanol–water partition coefficient (Wildman–Crippen LogP) is 3.13. The molecule has 8 nitrogen and oxygen atoms in total. The third-order valence-corrected chi connectivity index (χ3v) is 6.23. The molecular formula is C23H31N7O. The van der Waals surface area contributed by atoms with Gasteiger partial charge in [0.15, 0.2) is 0 Å². The van der Waals surface area contributed by atoms with E-state index in [9.17, 15) is 4.79 Å². The Balaban J connectivity index is 1.46. The third kappa shape index (κ3) is 4.20. The molecule has 1 amide bonds. The highest BCUT2D eigenvalue weighted by Crippen LogP contribution is 2.27. The van der Waals surface area contributed by atoms with Gasteiger partial charge >= 0.3 is 0 Å². The second-order valence-electron chi connectivity index (χ2n) is 8.21. The van der Waals surface area contributed by atoms with Crippen LogP contribution in [0.3, 0.4) is 0 Å². The van der Waals surface area contributed by atoms with E-state index in [-0.39, 0.29) is 5.91 Å². The van der Waals surface area contributed by atoms with E-state index in [0.717, 1.165) is 66.6 Å². The Kier molecular flexibility index (Phi) is 5.82. The van der Waals surface area contributed by atoms with E-state index < -0.39 is 0 Å². The van der Waals surface area contributed by atoms with Gasteiger partial charge in [0.2, 0.25) is 0 Å². The molecular weight excluding hydrogens is 390 g/mol. The van der Waals surface area contributed by atoms with E-state index in [4.69, 9.17) is 0 Å². The van der Waals surface area contributed by atoms with Crippen LogP contribution >= 0.6 is 0 Å². The van der Waals surface area contributed by atoms with Gasteiger partial charge in [-0.2, -0.15) is 10.2 Å². The summed E-state index contributed by atoms with van der Waals surface area (Å²) in [5, 5.41) is 14.7. The number of nitrogens with zero attached hydrogens (tertiary/aromatic N) is 5. The fourth-order valence-electron chi connectivity index (χ4n) is 4.21. The van der Waals surface area contributed by atoms with Crippen LogP contribution in [0.25, 0.3) is 11.3 Å². The van der Waals surface area contributed by atoms with Crippen LogP contribution in [-0.4, -0.2) is 63.5 Å². The maximum Gasteiger partial charge on any atom is 0.273 e. The van der Waals surface area contributed by atoms with Gasteiger partial charge in [-0.1, -0.05) is 6.92 Å². The fraction of sp³-hybridized carbons (Fsp3) is 0.435. The molecule has 4 rings (SSSR count). The van der Waals surface area contributed by atoms with Crippen molar-refractivity contribution < 1.29 is 4.79 Å². The van der Waals surface area contributed by atoms with Gasteiger partial charge in [-0.05, 0) is 57.1 Å². The molecule has 164 valence electrons. The lowest BCUT2D eigenvalue weighted by Crippen LogP contribution is -2.46. The zero-order valence-corrected chi connectivity index (χ0v) is 19.0. The summed E-state index contributed by atoms with van der Waals surface area (Å²) in [7, 11) is 1.91. The number of anilines is 2. The van der Waals surface area contributed by atoms with E-state index in [1.807, 2.05) is 38.6 Å². The van der Waals surface area contributed by atoms with Gasteiger partial charge in [-0.3, -0.25) is 14.6 Å². The van der Waals surface area contributed by atoms with Crippen molar-refractivity contribution in [1.29, 1.82) is 0 Å². The first-order valence-electron chi connectivity index (χ1n) is 10.8. The van der Waals surface area contributed by atoms with Gasteiger partial charge in [0.05, 0.1) is 11.4 Å². The Labute approximate surface area is 183 Å². The first-order chi connectivity index (χ1) is 14.9. The number of aromatic amines is 1. The number of aromatic nitrogens is 4. The van der Waals surface area contributed by atoms with Crippen LogP contribution in [0.2, 0.25) is 0 Å². The number of piperazine rings is 1. The first-order valence-corrected chi connectivity index (χ1v) is 10.8. The summed E-state index contributed by atoms with van der Waals surface area (Å²) in [6.07, 6.45) is 0. The van der Waals surface area contributed by atoms with Crippen LogP contribution in [0.4, 0.5) is 11.4 Å². The Bertz CT molecular complexity index is 1090. The topological polar surface area (TPSA) is 82.1 Å². The lowest BCUT2D eigenvalue weighted by atomic mass is 10.1. The Morgan fingerprint density at radius 3 is 2.48 bits per heavy atom. The summed E-state index contributed by atoms with van der Waals surface area (Å²) in [4.78, 5) is 17.7. The molecule has 8 heteroatoms. The maximum atomic E-state index is 12.8. The number of nitrogens with one attached hydrogen (secondary N) is 2. The van der Waals surface area contributed by atoms with E-state index in [0.29, 0.717) is 5.69 Å². The minimum Gasteiger partial charge on any atom is -0.369 e. The number of likely N-dealkylation sites (N-methyl/N-ethyl adjacent to an activating group) is 1. The molecule has 1 aromatic carbocycles. The minimum absolute atomic E-state index is 0.203. The van der Waals surface area contributed by atoms with E-state index in [2.05, 4.69) is 49.5 Å². The number of hydrogen-bond acceptors (Lipinski definition) is 5. The Morgan fingerprint density at radius 1 is 1.13 bits per heavy atom. The monoisotopic (exact) mass is 421 g/mol. The van der Waals surface area contributed by atoms with Gasteiger partial charge in [0.1, 0.15) is 5.69 Å². The van der Waals surface area contributed by atoms with Crippen molar-refractivity contribution in [3.63, 3.8) is 0 Å². The van der Waals surface area contributed by atoms with Gasteiger partial charge < -0.3 is 15.1 Å². The highest BCUT2D eigenvalue weighted by molar-refractivity contribution is 6.04. The molecule has 1 fully saturated rings. The second-order valence-corrected chi connectivity index (χ2v) is 8.21. The van der Waals surface area contributed by atoms with Gasteiger partial charge in [0, 0.05) is 55.9 Å². The summed E-state index contributed by atoms with van der Waals surface area (Å²) in [5.74, 6) is -0.203. The largest absolute Gasteiger partial charge is 0.369 e. The van der Waals surface area contributed by atoms with Crippen LogP contribution < -0.4 is 10.2 Å². The molecule has 2 aromatic heterocycles. The quantitative estimate of drug-likeness (QED) is 0.661. The zero-order chi connectivity index (χ0) is 22.1. The summed E-state index contributed by atoms with van der Waals surface area (Å²) in [5.41, 5.74) is 7.09. The molecule has 0 spiro atoms.